The Morgan fingerprint density at radius 1 is 1.18 bits per heavy atom. The Morgan fingerprint density at radius 2 is 1.91 bits per heavy atom. The number of aromatic nitrogens is 1. The number of para-hydroxylation sites is 1. The summed E-state index contributed by atoms with van der Waals surface area (Å²) in [4.78, 5) is 2.81. The molecule has 2 N–H and O–H groups in total. The van der Waals surface area contributed by atoms with E-state index in [4.69, 9.17) is 5.11 Å². The zero-order valence-corrected chi connectivity index (χ0v) is 5.74. The Bertz CT molecular complexity index is 323. The van der Waals surface area contributed by atoms with E-state index in [1.54, 1.807) is 6.07 Å². The predicted octanol–water partition coefficient (Wildman–Crippen LogP) is 2.03. The molecule has 1 aromatic heterocycles. The van der Waals surface area contributed by atoms with Gasteiger partial charge in [0.05, 0.1) is 0 Å². The molecule has 2 aromatic rings. The maximum absolute atomic E-state index is 9.00. The second kappa shape index (κ2) is 2.62. The number of nitrogens with one attached hydrogen (secondary N) is 1. The fraction of sp³-hybridized carbons (Fsp3) is 0. The van der Waals surface area contributed by atoms with Crippen LogP contribution < -0.4 is 0 Å². The summed E-state index contributed by atoms with van der Waals surface area (Å²) in [6.07, 6.45) is 0. The number of aromatic hydroxyl groups is 1. The van der Waals surface area contributed by atoms with E-state index < -0.39 is 0 Å². The molecule has 11 heavy (non-hydrogen) atoms. The van der Waals surface area contributed by atoms with Crippen molar-refractivity contribution in [2.24, 2.45) is 0 Å². The zero-order chi connectivity index (χ0) is 6.97. The van der Waals surface area contributed by atoms with Gasteiger partial charge in [0.15, 0.2) is 5.88 Å². The van der Waals surface area contributed by atoms with Gasteiger partial charge in [0.1, 0.15) is 0 Å². The van der Waals surface area contributed by atoms with Gasteiger partial charge in [-0.15, -0.1) is 0 Å². The third kappa shape index (κ3) is 1.17. The summed E-state index contributed by atoms with van der Waals surface area (Å²) >= 11 is 0. The molecule has 0 saturated carbocycles. The highest BCUT2D eigenvalue weighted by molar-refractivity contribution is 5.80. The number of halogens is 1. The Morgan fingerprint density at radius 3 is 2.64 bits per heavy atom. The maximum atomic E-state index is 9.00. The minimum Gasteiger partial charge on any atom is -0.495 e. The van der Waals surface area contributed by atoms with Crippen molar-refractivity contribution in [3.63, 3.8) is 0 Å². The summed E-state index contributed by atoms with van der Waals surface area (Å²) in [7, 11) is 0. The molecule has 2 rings (SSSR count). The number of hydrogen-bond acceptors (Lipinski definition) is 1. The molecule has 0 spiro atoms. The highest BCUT2D eigenvalue weighted by Crippen LogP contribution is 2.17. The van der Waals surface area contributed by atoms with Gasteiger partial charge in [0.2, 0.25) is 0 Å². The Balaban J connectivity index is 0.000000605. The summed E-state index contributed by atoms with van der Waals surface area (Å²) in [6.45, 7) is 0. The van der Waals surface area contributed by atoms with Crippen LogP contribution in [-0.4, -0.2) is 10.1 Å². The van der Waals surface area contributed by atoms with Crippen LogP contribution in [0.25, 0.3) is 10.9 Å². The summed E-state index contributed by atoms with van der Waals surface area (Å²) < 4.78 is 0. The number of fused-ring (bicyclic) bond motifs is 1. The van der Waals surface area contributed by atoms with E-state index in [1.165, 1.54) is 0 Å². The van der Waals surface area contributed by atoms with Gasteiger partial charge in [0.25, 0.3) is 0 Å². The molecule has 0 saturated heterocycles. The van der Waals surface area contributed by atoms with Crippen molar-refractivity contribution in [1.82, 2.24) is 4.98 Å². The highest BCUT2D eigenvalue weighted by Gasteiger charge is 1.94. The van der Waals surface area contributed by atoms with Crippen LogP contribution in [0.15, 0.2) is 30.3 Å². The fourth-order valence-corrected chi connectivity index (χ4v) is 1.06. The normalized spacial score (nSPS) is 9.45. The molecule has 0 aliphatic heterocycles. The van der Waals surface area contributed by atoms with Crippen LogP contribution in [0.3, 0.4) is 0 Å². The Hall–Kier alpha value is -1.51. The van der Waals surface area contributed by atoms with Gasteiger partial charge in [-0.05, 0) is 6.07 Å². The first-order valence-electron chi connectivity index (χ1n) is 3.13. The van der Waals surface area contributed by atoms with Crippen molar-refractivity contribution in [1.29, 1.82) is 0 Å². The second-order valence-corrected chi connectivity index (χ2v) is 2.24. The highest BCUT2D eigenvalue weighted by atomic mass is 19.0. The zero-order valence-electron chi connectivity index (χ0n) is 5.74. The monoisotopic (exact) mass is 153 g/mol. The van der Waals surface area contributed by atoms with Crippen molar-refractivity contribution in [3.05, 3.63) is 30.3 Å². The fourth-order valence-electron chi connectivity index (χ4n) is 1.06. The van der Waals surface area contributed by atoms with Gasteiger partial charge in [-0.1, -0.05) is 18.2 Å². The van der Waals surface area contributed by atoms with E-state index in [2.05, 4.69) is 4.98 Å². The van der Waals surface area contributed by atoms with Crippen molar-refractivity contribution >= 4 is 10.9 Å². The number of benzene rings is 1. The predicted molar refractivity (Wildman–Crippen MR) is 42.5 cm³/mol. The average Bonchev–Trinajstić information content (AvgIpc) is 2.27. The lowest BCUT2D eigenvalue weighted by molar-refractivity contribution is 0.458. The van der Waals surface area contributed by atoms with E-state index in [-0.39, 0.29) is 10.6 Å². The molecule has 0 fully saturated rings. The van der Waals surface area contributed by atoms with Crippen LogP contribution in [-0.2, 0) is 0 Å². The van der Waals surface area contributed by atoms with Gasteiger partial charge in [-0.3, -0.25) is 4.70 Å². The quantitative estimate of drug-likeness (QED) is 0.596. The molecular formula is C8H8FNO. The standard InChI is InChI=1S/C8H7NO.FH/c10-8-5-6-3-1-2-4-7(6)9-8;/h1-5,9-10H;1H. The number of hydrogen-bond donors (Lipinski definition) is 2. The van der Waals surface area contributed by atoms with Gasteiger partial charge < -0.3 is 10.1 Å². The van der Waals surface area contributed by atoms with Crippen molar-refractivity contribution in [3.8, 4) is 5.88 Å². The molecule has 1 heterocycles. The van der Waals surface area contributed by atoms with E-state index in [9.17, 15) is 0 Å². The number of rotatable bonds is 0. The third-order valence-corrected chi connectivity index (χ3v) is 1.52. The number of aromatic amines is 1. The van der Waals surface area contributed by atoms with E-state index in [1.807, 2.05) is 24.3 Å². The minimum absolute atomic E-state index is 0. The van der Waals surface area contributed by atoms with Crippen LogP contribution in [0.2, 0.25) is 0 Å². The van der Waals surface area contributed by atoms with Gasteiger partial charge in [-0.2, -0.15) is 0 Å². The summed E-state index contributed by atoms with van der Waals surface area (Å²) in [5.74, 6) is 0.223. The Kier molecular flexibility index (Phi) is 1.81. The smallest absolute Gasteiger partial charge is 0.189 e. The molecule has 0 unspecified atom stereocenters. The first-order chi connectivity index (χ1) is 4.86. The third-order valence-electron chi connectivity index (χ3n) is 1.52. The average molecular weight is 153 g/mol. The number of H-pyrrole nitrogens is 1. The van der Waals surface area contributed by atoms with E-state index in [0.717, 1.165) is 10.9 Å². The Labute approximate surface area is 62.8 Å². The summed E-state index contributed by atoms with van der Waals surface area (Å²) in [5.41, 5.74) is 0.972. The minimum atomic E-state index is 0. The molecule has 0 radical (unpaired) electrons. The van der Waals surface area contributed by atoms with Gasteiger partial charge in [-0.25, -0.2) is 0 Å². The van der Waals surface area contributed by atoms with E-state index >= 15 is 0 Å². The molecule has 2 nitrogen and oxygen atoms in total. The van der Waals surface area contributed by atoms with E-state index in [0.29, 0.717) is 0 Å². The van der Waals surface area contributed by atoms with Crippen LogP contribution in [0.1, 0.15) is 0 Å². The molecule has 0 amide bonds. The first kappa shape index (κ1) is 7.60. The molecule has 0 bridgehead atoms. The molecule has 58 valence electrons. The van der Waals surface area contributed by atoms with Crippen LogP contribution in [0.5, 0.6) is 5.88 Å². The summed E-state index contributed by atoms with van der Waals surface area (Å²) in [6, 6.07) is 9.45. The van der Waals surface area contributed by atoms with Crippen molar-refractivity contribution in [2.75, 3.05) is 0 Å². The van der Waals surface area contributed by atoms with Crippen molar-refractivity contribution in [2.45, 2.75) is 0 Å². The van der Waals surface area contributed by atoms with Gasteiger partial charge >= 0.3 is 0 Å². The topological polar surface area (TPSA) is 36.0 Å². The molecule has 3 heteroatoms. The molecule has 1 aromatic carbocycles. The molecule has 0 atom stereocenters. The first-order valence-corrected chi connectivity index (χ1v) is 3.13. The largest absolute Gasteiger partial charge is 0.495 e. The second-order valence-electron chi connectivity index (χ2n) is 2.24. The van der Waals surface area contributed by atoms with Gasteiger partial charge in [0, 0.05) is 17.0 Å². The maximum Gasteiger partial charge on any atom is 0.189 e. The van der Waals surface area contributed by atoms with Crippen LogP contribution in [0.4, 0.5) is 4.70 Å². The lowest BCUT2D eigenvalue weighted by Crippen LogP contribution is -1.62. The lowest BCUT2D eigenvalue weighted by atomic mass is 10.3. The van der Waals surface area contributed by atoms with Crippen LogP contribution in [0, 0.1) is 0 Å². The SMILES string of the molecule is F.Oc1cc2ccccc2[nH]1. The summed E-state index contributed by atoms with van der Waals surface area (Å²) in [5, 5.41) is 10.0. The molecule has 0 aliphatic carbocycles. The lowest BCUT2D eigenvalue weighted by Gasteiger charge is -1.83. The van der Waals surface area contributed by atoms with Crippen molar-refractivity contribution < 1.29 is 9.81 Å². The molecular weight excluding hydrogens is 145 g/mol. The van der Waals surface area contributed by atoms with Crippen LogP contribution >= 0.6 is 0 Å². The molecule has 0 aliphatic rings.